The Balaban J connectivity index is 1.39. The van der Waals surface area contributed by atoms with E-state index >= 15 is 0 Å². The number of hydrogen-bond donors (Lipinski definition) is 0. The van der Waals surface area contributed by atoms with Gasteiger partial charge in [0.05, 0.1) is 7.11 Å². The molecular weight excluding hydrogens is 305 g/mol. The summed E-state index contributed by atoms with van der Waals surface area (Å²) in [4.78, 5) is 7.59. The molecule has 1 aromatic rings. The van der Waals surface area contributed by atoms with Gasteiger partial charge in [-0.2, -0.15) is 0 Å². The first kappa shape index (κ1) is 17.6. The van der Waals surface area contributed by atoms with Gasteiger partial charge < -0.3 is 9.64 Å². The second-order valence-corrected chi connectivity index (χ2v) is 6.99. The van der Waals surface area contributed by atoms with Gasteiger partial charge in [0, 0.05) is 45.8 Å². The van der Waals surface area contributed by atoms with E-state index in [1.54, 1.807) is 12.1 Å². The number of piperidine rings is 1. The maximum atomic E-state index is 13.8. The molecule has 2 heterocycles. The third-order valence-corrected chi connectivity index (χ3v) is 5.27. The molecule has 0 aliphatic carbocycles. The van der Waals surface area contributed by atoms with Crippen molar-refractivity contribution in [1.82, 2.24) is 14.7 Å². The Kier molecular flexibility index (Phi) is 6.46. The van der Waals surface area contributed by atoms with Crippen LogP contribution in [0.1, 0.15) is 24.8 Å². The molecule has 2 saturated heterocycles. The van der Waals surface area contributed by atoms with Crippen molar-refractivity contribution in [3.8, 4) is 5.75 Å². The Morgan fingerprint density at radius 3 is 2.12 bits per heavy atom. The molecular formula is C19H30FN3O. The summed E-state index contributed by atoms with van der Waals surface area (Å²) in [5.41, 5.74) is 1.02. The molecule has 0 atom stereocenters. The lowest BCUT2D eigenvalue weighted by Crippen LogP contribution is -2.48. The molecule has 1 aromatic carbocycles. The Morgan fingerprint density at radius 2 is 1.50 bits per heavy atom. The summed E-state index contributed by atoms with van der Waals surface area (Å²) in [5, 5.41) is 0. The number of hydrogen-bond acceptors (Lipinski definition) is 4. The van der Waals surface area contributed by atoms with Crippen LogP contribution in [0.2, 0.25) is 0 Å². The van der Waals surface area contributed by atoms with Crippen LogP contribution < -0.4 is 4.74 Å². The predicted octanol–water partition coefficient (Wildman–Crippen LogP) is 2.44. The monoisotopic (exact) mass is 335 g/mol. The van der Waals surface area contributed by atoms with Crippen LogP contribution in [-0.2, 0) is 6.54 Å². The van der Waals surface area contributed by atoms with Crippen LogP contribution in [-0.4, -0.2) is 74.2 Å². The van der Waals surface area contributed by atoms with E-state index in [0.29, 0.717) is 5.75 Å². The highest BCUT2D eigenvalue weighted by Crippen LogP contribution is 2.19. The molecule has 3 rings (SSSR count). The lowest BCUT2D eigenvalue weighted by Gasteiger charge is -2.36. The zero-order valence-electron chi connectivity index (χ0n) is 14.8. The van der Waals surface area contributed by atoms with Gasteiger partial charge in [-0.05, 0) is 43.6 Å². The van der Waals surface area contributed by atoms with Crippen molar-refractivity contribution >= 4 is 0 Å². The average Bonchev–Trinajstić information content (AvgIpc) is 2.62. The quantitative estimate of drug-likeness (QED) is 0.795. The van der Waals surface area contributed by atoms with E-state index in [1.165, 1.54) is 52.6 Å². The van der Waals surface area contributed by atoms with E-state index in [0.717, 1.165) is 38.3 Å². The molecule has 5 heteroatoms. The maximum Gasteiger partial charge on any atom is 0.165 e. The lowest BCUT2D eigenvalue weighted by molar-refractivity contribution is 0.110. The van der Waals surface area contributed by atoms with Gasteiger partial charge in [-0.15, -0.1) is 0 Å². The number of likely N-dealkylation sites (tertiary alicyclic amines) is 1. The zero-order chi connectivity index (χ0) is 16.8. The largest absolute Gasteiger partial charge is 0.494 e. The topological polar surface area (TPSA) is 19.0 Å². The highest BCUT2D eigenvalue weighted by Gasteiger charge is 2.18. The van der Waals surface area contributed by atoms with Crippen LogP contribution in [0.3, 0.4) is 0 Å². The van der Waals surface area contributed by atoms with Gasteiger partial charge in [0.25, 0.3) is 0 Å². The van der Waals surface area contributed by atoms with Gasteiger partial charge in [0.15, 0.2) is 11.6 Å². The summed E-state index contributed by atoms with van der Waals surface area (Å²) in [7, 11) is 1.50. The van der Waals surface area contributed by atoms with Crippen molar-refractivity contribution in [3.05, 3.63) is 29.6 Å². The van der Waals surface area contributed by atoms with Crippen LogP contribution in [0.5, 0.6) is 5.75 Å². The second kappa shape index (κ2) is 8.79. The molecule has 0 spiro atoms. The number of nitrogens with zero attached hydrogens (tertiary/aromatic N) is 3. The van der Waals surface area contributed by atoms with E-state index in [-0.39, 0.29) is 5.82 Å². The Morgan fingerprint density at radius 1 is 0.875 bits per heavy atom. The molecule has 4 nitrogen and oxygen atoms in total. The Bertz CT molecular complexity index is 511. The summed E-state index contributed by atoms with van der Waals surface area (Å²) in [6.07, 6.45) is 4.14. The summed E-state index contributed by atoms with van der Waals surface area (Å²) in [5.74, 6) is 0.0523. The lowest BCUT2D eigenvalue weighted by atomic mass is 10.1. The van der Waals surface area contributed by atoms with E-state index < -0.39 is 0 Å². The van der Waals surface area contributed by atoms with Crippen LogP contribution in [0.25, 0.3) is 0 Å². The predicted molar refractivity (Wildman–Crippen MR) is 95.0 cm³/mol. The molecule has 0 amide bonds. The van der Waals surface area contributed by atoms with Crippen molar-refractivity contribution in [2.24, 2.45) is 0 Å². The summed E-state index contributed by atoms with van der Waals surface area (Å²) >= 11 is 0. The van der Waals surface area contributed by atoms with E-state index in [2.05, 4.69) is 14.7 Å². The molecule has 0 unspecified atom stereocenters. The number of ether oxygens (including phenoxy) is 1. The minimum absolute atomic E-state index is 0.268. The first-order valence-corrected chi connectivity index (χ1v) is 9.24. The molecule has 0 N–H and O–H groups in total. The number of piperazine rings is 1. The van der Waals surface area contributed by atoms with Gasteiger partial charge in [-0.3, -0.25) is 9.80 Å². The molecule has 0 radical (unpaired) electrons. The van der Waals surface area contributed by atoms with Crippen LogP contribution in [0.15, 0.2) is 18.2 Å². The maximum absolute atomic E-state index is 13.8. The minimum atomic E-state index is -0.268. The molecule has 24 heavy (non-hydrogen) atoms. The van der Waals surface area contributed by atoms with E-state index in [1.807, 2.05) is 6.07 Å². The molecule has 0 aromatic heterocycles. The molecule has 2 aliphatic rings. The van der Waals surface area contributed by atoms with Gasteiger partial charge >= 0.3 is 0 Å². The minimum Gasteiger partial charge on any atom is -0.494 e. The summed E-state index contributed by atoms with van der Waals surface area (Å²) < 4.78 is 18.8. The third-order valence-electron chi connectivity index (χ3n) is 5.27. The highest BCUT2D eigenvalue weighted by atomic mass is 19.1. The fraction of sp³-hybridized carbons (Fsp3) is 0.684. The smallest absolute Gasteiger partial charge is 0.165 e. The number of halogens is 1. The normalized spacial score (nSPS) is 21.1. The van der Waals surface area contributed by atoms with Crippen molar-refractivity contribution in [3.63, 3.8) is 0 Å². The Labute approximate surface area is 145 Å². The molecule has 2 fully saturated rings. The van der Waals surface area contributed by atoms with Crippen molar-refractivity contribution < 1.29 is 9.13 Å². The highest BCUT2D eigenvalue weighted by molar-refractivity contribution is 5.29. The molecule has 2 aliphatic heterocycles. The van der Waals surface area contributed by atoms with Gasteiger partial charge in [-0.25, -0.2) is 4.39 Å². The first-order valence-electron chi connectivity index (χ1n) is 9.24. The number of benzene rings is 1. The van der Waals surface area contributed by atoms with Crippen LogP contribution >= 0.6 is 0 Å². The van der Waals surface area contributed by atoms with E-state index in [9.17, 15) is 4.39 Å². The fourth-order valence-corrected chi connectivity index (χ4v) is 3.70. The third kappa shape index (κ3) is 4.91. The van der Waals surface area contributed by atoms with Gasteiger partial charge in [0.2, 0.25) is 0 Å². The molecule has 134 valence electrons. The van der Waals surface area contributed by atoms with Gasteiger partial charge in [0.1, 0.15) is 0 Å². The van der Waals surface area contributed by atoms with Gasteiger partial charge in [-0.1, -0.05) is 12.5 Å². The zero-order valence-corrected chi connectivity index (χ0v) is 14.8. The second-order valence-electron chi connectivity index (χ2n) is 6.99. The van der Waals surface area contributed by atoms with E-state index in [4.69, 9.17) is 4.74 Å². The van der Waals surface area contributed by atoms with Crippen molar-refractivity contribution in [1.29, 1.82) is 0 Å². The average molecular weight is 335 g/mol. The first-order chi connectivity index (χ1) is 11.7. The summed E-state index contributed by atoms with van der Waals surface area (Å²) in [6, 6.07) is 5.28. The van der Waals surface area contributed by atoms with Crippen LogP contribution in [0.4, 0.5) is 4.39 Å². The number of rotatable bonds is 6. The summed E-state index contributed by atoms with van der Waals surface area (Å²) in [6.45, 7) is 10.1. The van der Waals surface area contributed by atoms with Crippen molar-refractivity contribution in [2.75, 3.05) is 59.5 Å². The SMILES string of the molecule is COc1ccc(CN2CCN(CCN3CCCCC3)CC2)cc1F. The Hall–Kier alpha value is -1.17. The standard InChI is InChI=1S/C19H30FN3O/c1-24-19-6-5-17(15-18(19)20)16-23-13-11-22(12-14-23)10-9-21-7-3-2-4-8-21/h5-6,15H,2-4,7-14,16H2,1H3. The molecule has 0 saturated carbocycles. The fourth-order valence-electron chi connectivity index (χ4n) is 3.70. The molecule has 0 bridgehead atoms. The van der Waals surface area contributed by atoms with Crippen molar-refractivity contribution in [2.45, 2.75) is 25.8 Å². The van der Waals surface area contributed by atoms with Crippen LogP contribution in [0, 0.1) is 5.82 Å². The number of methoxy groups -OCH3 is 1.